The molecule has 0 saturated heterocycles. The number of ether oxygens (including phenoxy) is 1. The second kappa shape index (κ2) is 7.40. The maximum Gasteiger partial charge on any atom is 0.252 e. The quantitative estimate of drug-likeness (QED) is 0.617. The first kappa shape index (κ1) is 15.8. The normalized spacial score (nSPS) is 10.2. The van der Waals surface area contributed by atoms with E-state index in [-0.39, 0.29) is 11.7 Å². The molecule has 0 unspecified atom stereocenters. The molecule has 0 aliphatic heterocycles. The number of aryl methyl sites for hydroxylation is 1. The first-order valence-corrected chi connectivity index (χ1v) is 7.57. The van der Waals surface area contributed by atoms with Gasteiger partial charge in [-0.1, -0.05) is 11.6 Å². The number of carbonyl (C=O) groups is 1. The Kier molecular flexibility index (Phi) is 5.55. The molecule has 0 bridgehead atoms. The van der Waals surface area contributed by atoms with Crippen molar-refractivity contribution in [1.82, 2.24) is 5.32 Å². The molecule has 1 N–H and O–H groups in total. The van der Waals surface area contributed by atoms with Gasteiger partial charge in [0.25, 0.3) is 5.91 Å². The molecule has 0 aromatic heterocycles. The van der Waals surface area contributed by atoms with Crippen molar-refractivity contribution in [3.63, 3.8) is 0 Å². The van der Waals surface area contributed by atoms with Crippen molar-refractivity contribution in [2.24, 2.45) is 0 Å². The standard InChI is InChI=1S/C16H15FINO2/c1-11-2-7-14(15(18)10-11)16(20)19-8-9-21-13-5-3-12(17)4-6-13/h2-7,10H,8-9H2,1H3,(H,19,20). The molecule has 2 rings (SSSR count). The van der Waals surface area contributed by atoms with Crippen LogP contribution < -0.4 is 10.1 Å². The van der Waals surface area contributed by atoms with Gasteiger partial charge in [0.15, 0.2) is 0 Å². The summed E-state index contributed by atoms with van der Waals surface area (Å²) >= 11 is 2.15. The molecular formula is C16H15FINO2. The second-order valence-electron chi connectivity index (χ2n) is 4.54. The lowest BCUT2D eigenvalue weighted by Crippen LogP contribution is -2.28. The summed E-state index contributed by atoms with van der Waals surface area (Å²) in [6.45, 7) is 2.71. The monoisotopic (exact) mass is 399 g/mol. The van der Waals surface area contributed by atoms with Crippen molar-refractivity contribution in [1.29, 1.82) is 0 Å². The van der Waals surface area contributed by atoms with Crippen LogP contribution in [0.15, 0.2) is 42.5 Å². The number of benzene rings is 2. The van der Waals surface area contributed by atoms with Crippen molar-refractivity contribution >= 4 is 28.5 Å². The predicted molar refractivity (Wildman–Crippen MR) is 88.1 cm³/mol. The van der Waals surface area contributed by atoms with Crippen molar-refractivity contribution in [2.75, 3.05) is 13.2 Å². The van der Waals surface area contributed by atoms with E-state index in [0.717, 1.165) is 9.13 Å². The highest BCUT2D eigenvalue weighted by Gasteiger charge is 2.09. The Morgan fingerprint density at radius 1 is 1.24 bits per heavy atom. The SMILES string of the molecule is Cc1ccc(C(=O)NCCOc2ccc(F)cc2)c(I)c1. The zero-order valence-electron chi connectivity index (χ0n) is 11.5. The first-order chi connectivity index (χ1) is 10.1. The summed E-state index contributed by atoms with van der Waals surface area (Å²) in [7, 11) is 0. The topological polar surface area (TPSA) is 38.3 Å². The van der Waals surface area contributed by atoms with Crippen LogP contribution in [0.5, 0.6) is 5.75 Å². The highest BCUT2D eigenvalue weighted by molar-refractivity contribution is 14.1. The van der Waals surface area contributed by atoms with Crippen molar-refractivity contribution in [3.05, 3.63) is 63.0 Å². The Bertz CT molecular complexity index is 629. The van der Waals surface area contributed by atoms with Gasteiger partial charge in [0.05, 0.1) is 12.1 Å². The molecule has 1 amide bonds. The summed E-state index contributed by atoms with van der Waals surface area (Å²) in [5.74, 6) is 0.155. The third-order valence-electron chi connectivity index (χ3n) is 2.84. The summed E-state index contributed by atoms with van der Waals surface area (Å²) in [6, 6.07) is 11.5. The van der Waals surface area contributed by atoms with Crippen molar-refractivity contribution < 1.29 is 13.9 Å². The van der Waals surface area contributed by atoms with Gasteiger partial charge in [0.2, 0.25) is 0 Å². The molecule has 0 heterocycles. The van der Waals surface area contributed by atoms with Crippen LogP contribution in [0.4, 0.5) is 4.39 Å². The minimum Gasteiger partial charge on any atom is -0.492 e. The molecule has 0 radical (unpaired) electrons. The van der Waals surface area contributed by atoms with Gasteiger partial charge in [-0.2, -0.15) is 0 Å². The lowest BCUT2D eigenvalue weighted by Gasteiger charge is -2.09. The zero-order chi connectivity index (χ0) is 15.2. The summed E-state index contributed by atoms with van der Waals surface area (Å²) < 4.78 is 19.1. The van der Waals surface area contributed by atoms with Gasteiger partial charge in [-0.05, 0) is 65.9 Å². The highest BCUT2D eigenvalue weighted by atomic mass is 127. The summed E-state index contributed by atoms with van der Waals surface area (Å²) in [6.07, 6.45) is 0. The smallest absolute Gasteiger partial charge is 0.252 e. The summed E-state index contributed by atoms with van der Waals surface area (Å²) in [5, 5.41) is 2.80. The van der Waals surface area contributed by atoms with Crippen LogP contribution in [0.25, 0.3) is 0 Å². The van der Waals surface area contributed by atoms with Crippen LogP contribution in [-0.2, 0) is 0 Å². The lowest BCUT2D eigenvalue weighted by molar-refractivity contribution is 0.0946. The molecule has 5 heteroatoms. The Labute approximate surface area is 136 Å². The summed E-state index contributed by atoms with van der Waals surface area (Å²) in [5.41, 5.74) is 1.78. The molecular weight excluding hydrogens is 384 g/mol. The van der Waals surface area contributed by atoms with E-state index in [2.05, 4.69) is 27.9 Å². The molecule has 0 spiro atoms. The van der Waals surface area contributed by atoms with E-state index < -0.39 is 0 Å². The van der Waals surface area contributed by atoms with E-state index in [1.54, 1.807) is 12.1 Å². The molecule has 0 fully saturated rings. The number of hydrogen-bond donors (Lipinski definition) is 1. The third kappa shape index (κ3) is 4.70. The minimum absolute atomic E-state index is 0.123. The molecule has 110 valence electrons. The third-order valence-corrected chi connectivity index (χ3v) is 3.73. The van der Waals surface area contributed by atoms with Crippen LogP contribution in [-0.4, -0.2) is 19.1 Å². The second-order valence-corrected chi connectivity index (χ2v) is 5.70. The van der Waals surface area contributed by atoms with E-state index in [1.807, 2.05) is 25.1 Å². The van der Waals surface area contributed by atoms with Crippen molar-refractivity contribution in [2.45, 2.75) is 6.92 Å². The molecule has 2 aromatic rings. The number of nitrogens with one attached hydrogen (secondary N) is 1. The van der Waals surface area contributed by atoms with E-state index in [0.29, 0.717) is 24.5 Å². The average Bonchev–Trinajstić information content (AvgIpc) is 2.45. The summed E-state index contributed by atoms with van der Waals surface area (Å²) in [4.78, 5) is 12.0. The van der Waals surface area contributed by atoms with Crippen LogP contribution in [0.1, 0.15) is 15.9 Å². The average molecular weight is 399 g/mol. The fraction of sp³-hybridized carbons (Fsp3) is 0.188. The molecule has 0 aliphatic rings. The van der Waals surface area contributed by atoms with Gasteiger partial charge in [-0.15, -0.1) is 0 Å². The number of carbonyl (C=O) groups excluding carboxylic acids is 1. The van der Waals surface area contributed by atoms with E-state index in [9.17, 15) is 9.18 Å². The Balaban J connectivity index is 1.80. The van der Waals surface area contributed by atoms with Gasteiger partial charge in [0, 0.05) is 3.57 Å². The van der Waals surface area contributed by atoms with Gasteiger partial charge in [-0.25, -0.2) is 4.39 Å². The molecule has 0 aliphatic carbocycles. The number of hydrogen-bond acceptors (Lipinski definition) is 2. The van der Waals surface area contributed by atoms with E-state index >= 15 is 0 Å². The zero-order valence-corrected chi connectivity index (χ0v) is 13.7. The van der Waals surface area contributed by atoms with Crippen LogP contribution in [0.3, 0.4) is 0 Å². The lowest BCUT2D eigenvalue weighted by atomic mass is 10.1. The fourth-order valence-corrected chi connectivity index (χ4v) is 2.68. The Morgan fingerprint density at radius 2 is 1.95 bits per heavy atom. The highest BCUT2D eigenvalue weighted by Crippen LogP contribution is 2.14. The Hall–Kier alpha value is -1.63. The van der Waals surface area contributed by atoms with Crippen LogP contribution in [0, 0.1) is 16.3 Å². The largest absolute Gasteiger partial charge is 0.492 e. The van der Waals surface area contributed by atoms with Gasteiger partial charge in [0.1, 0.15) is 18.2 Å². The molecule has 0 saturated carbocycles. The van der Waals surface area contributed by atoms with Gasteiger partial charge < -0.3 is 10.1 Å². The maximum atomic E-state index is 12.7. The molecule has 21 heavy (non-hydrogen) atoms. The van der Waals surface area contributed by atoms with Gasteiger partial charge >= 0.3 is 0 Å². The predicted octanol–water partition coefficient (Wildman–Crippen LogP) is 3.55. The van der Waals surface area contributed by atoms with Crippen LogP contribution in [0.2, 0.25) is 0 Å². The number of halogens is 2. The minimum atomic E-state index is -0.301. The molecule has 3 nitrogen and oxygen atoms in total. The van der Waals surface area contributed by atoms with E-state index in [1.165, 1.54) is 12.1 Å². The van der Waals surface area contributed by atoms with Crippen LogP contribution >= 0.6 is 22.6 Å². The van der Waals surface area contributed by atoms with Gasteiger partial charge in [-0.3, -0.25) is 4.79 Å². The molecule has 0 atom stereocenters. The maximum absolute atomic E-state index is 12.7. The first-order valence-electron chi connectivity index (χ1n) is 6.49. The number of amides is 1. The van der Waals surface area contributed by atoms with E-state index in [4.69, 9.17) is 4.74 Å². The molecule has 2 aromatic carbocycles. The fourth-order valence-electron chi connectivity index (χ4n) is 1.76. The number of rotatable bonds is 5. The van der Waals surface area contributed by atoms with Crippen molar-refractivity contribution in [3.8, 4) is 5.75 Å². The Morgan fingerprint density at radius 3 is 2.62 bits per heavy atom.